The lowest BCUT2D eigenvalue weighted by Crippen LogP contribution is -2.16. The number of anilines is 1. The van der Waals surface area contributed by atoms with Crippen LogP contribution < -0.4 is 5.32 Å². The first-order valence-corrected chi connectivity index (χ1v) is 4.44. The summed E-state index contributed by atoms with van der Waals surface area (Å²) in [5.74, 6) is 0.709. The Balaban J connectivity index is 2.13. The lowest BCUT2D eigenvalue weighted by molar-refractivity contribution is 0.405. The van der Waals surface area contributed by atoms with Crippen molar-refractivity contribution in [3.05, 3.63) is 18.5 Å². The molecule has 0 aliphatic rings. The van der Waals surface area contributed by atoms with E-state index in [1.54, 1.807) is 12.4 Å². The van der Waals surface area contributed by atoms with Gasteiger partial charge in [0.1, 0.15) is 0 Å². The molecule has 1 aromatic heterocycles. The van der Waals surface area contributed by atoms with E-state index in [0.29, 0.717) is 5.95 Å². The smallest absolute Gasteiger partial charge is 0.222 e. The molecule has 0 spiro atoms. The predicted molar refractivity (Wildman–Crippen MR) is 53.7 cm³/mol. The Kier molecular flexibility index (Phi) is 4.18. The third kappa shape index (κ3) is 4.42. The highest BCUT2D eigenvalue weighted by atomic mass is 15.1. The lowest BCUT2D eigenvalue weighted by Gasteiger charge is -2.09. The fourth-order valence-corrected chi connectivity index (χ4v) is 0.986. The van der Waals surface area contributed by atoms with E-state index in [2.05, 4.69) is 34.3 Å². The van der Waals surface area contributed by atoms with Crippen LogP contribution in [0.4, 0.5) is 5.95 Å². The third-order valence-corrected chi connectivity index (χ3v) is 1.63. The van der Waals surface area contributed by atoms with Crippen molar-refractivity contribution in [3.8, 4) is 0 Å². The van der Waals surface area contributed by atoms with E-state index in [4.69, 9.17) is 0 Å². The fourth-order valence-electron chi connectivity index (χ4n) is 0.986. The molecular weight excluding hydrogens is 164 g/mol. The maximum Gasteiger partial charge on any atom is 0.222 e. The molecular formula is C9H16N4. The van der Waals surface area contributed by atoms with Gasteiger partial charge in [-0.25, -0.2) is 9.97 Å². The zero-order chi connectivity index (χ0) is 9.52. The molecule has 4 heteroatoms. The minimum Gasteiger partial charge on any atom is -0.354 e. The number of aromatic nitrogens is 2. The average molecular weight is 180 g/mol. The number of hydrogen-bond acceptors (Lipinski definition) is 4. The molecule has 0 amide bonds. The quantitative estimate of drug-likeness (QED) is 0.682. The maximum atomic E-state index is 4.06. The van der Waals surface area contributed by atoms with Gasteiger partial charge in [-0.05, 0) is 33.1 Å². The van der Waals surface area contributed by atoms with Crippen molar-refractivity contribution >= 4 is 5.95 Å². The van der Waals surface area contributed by atoms with Crippen LogP contribution in [-0.4, -0.2) is 42.1 Å². The van der Waals surface area contributed by atoms with Crippen LogP contribution in [0.2, 0.25) is 0 Å². The first-order valence-electron chi connectivity index (χ1n) is 4.44. The summed E-state index contributed by atoms with van der Waals surface area (Å²) in [5, 5.41) is 3.15. The Hall–Kier alpha value is -1.16. The van der Waals surface area contributed by atoms with E-state index in [1.165, 1.54) is 0 Å². The molecule has 0 atom stereocenters. The van der Waals surface area contributed by atoms with Gasteiger partial charge in [0, 0.05) is 18.9 Å². The van der Waals surface area contributed by atoms with E-state index >= 15 is 0 Å². The average Bonchev–Trinajstić information content (AvgIpc) is 2.14. The molecule has 0 radical (unpaired) electrons. The second-order valence-corrected chi connectivity index (χ2v) is 3.16. The van der Waals surface area contributed by atoms with Crippen LogP contribution in [0.5, 0.6) is 0 Å². The summed E-state index contributed by atoms with van der Waals surface area (Å²) in [7, 11) is 4.14. The standard InChI is InChI=1S/C9H16N4/c1-13(2)8-4-7-12-9-10-5-3-6-11-9/h3,5-6H,4,7-8H2,1-2H3,(H,10,11,12). The fraction of sp³-hybridized carbons (Fsp3) is 0.556. The van der Waals surface area contributed by atoms with Gasteiger partial charge >= 0.3 is 0 Å². The van der Waals surface area contributed by atoms with Crippen LogP contribution in [-0.2, 0) is 0 Å². The van der Waals surface area contributed by atoms with Crippen molar-refractivity contribution in [1.82, 2.24) is 14.9 Å². The second-order valence-electron chi connectivity index (χ2n) is 3.16. The summed E-state index contributed by atoms with van der Waals surface area (Å²) in [6, 6.07) is 1.81. The molecule has 4 nitrogen and oxygen atoms in total. The topological polar surface area (TPSA) is 41.0 Å². The van der Waals surface area contributed by atoms with E-state index in [0.717, 1.165) is 19.5 Å². The molecule has 0 unspecified atom stereocenters. The minimum absolute atomic E-state index is 0.709. The maximum absolute atomic E-state index is 4.06. The summed E-state index contributed by atoms with van der Waals surface area (Å²) in [4.78, 5) is 10.3. The van der Waals surface area contributed by atoms with Gasteiger partial charge < -0.3 is 10.2 Å². The SMILES string of the molecule is CN(C)CCCNc1ncccn1. The highest BCUT2D eigenvalue weighted by Gasteiger charge is 1.93. The highest BCUT2D eigenvalue weighted by Crippen LogP contribution is 1.93. The minimum atomic E-state index is 0.709. The van der Waals surface area contributed by atoms with Crippen LogP contribution in [0.25, 0.3) is 0 Å². The molecule has 0 aliphatic heterocycles. The Morgan fingerprint density at radius 1 is 1.31 bits per heavy atom. The van der Waals surface area contributed by atoms with Crippen molar-refractivity contribution in [2.24, 2.45) is 0 Å². The zero-order valence-electron chi connectivity index (χ0n) is 8.20. The summed E-state index contributed by atoms with van der Waals surface area (Å²) >= 11 is 0. The summed E-state index contributed by atoms with van der Waals surface area (Å²) in [6.45, 7) is 2.00. The van der Waals surface area contributed by atoms with Crippen LogP contribution >= 0.6 is 0 Å². The zero-order valence-corrected chi connectivity index (χ0v) is 8.20. The van der Waals surface area contributed by atoms with Crippen LogP contribution in [0.3, 0.4) is 0 Å². The first kappa shape index (κ1) is 9.92. The highest BCUT2D eigenvalue weighted by molar-refractivity contribution is 5.21. The van der Waals surface area contributed by atoms with Crippen LogP contribution in [0.1, 0.15) is 6.42 Å². The molecule has 0 bridgehead atoms. The van der Waals surface area contributed by atoms with Gasteiger partial charge in [0.2, 0.25) is 5.95 Å². The van der Waals surface area contributed by atoms with E-state index < -0.39 is 0 Å². The molecule has 0 aliphatic carbocycles. The van der Waals surface area contributed by atoms with Crippen molar-refractivity contribution in [1.29, 1.82) is 0 Å². The number of rotatable bonds is 5. The molecule has 1 heterocycles. The second kappa shape index (κ2) is 5.48. The molecule has 0 saturated heterocycles. The molecule has 1 aromatic rings. The van der Waals surface area contributed by atoms with Gasteiger partial charge in [0.15, 0.2) is 0 Å². The van der Waals surface area contributed by atoms with Gasteiger partial charge in [-0.2, -0.15) is 0 Å². The van der Waals surface area contributed by atoms with Gasteiger partial charge in [0.25, 0.3) is 0 Å². The van der Waals surface area contributed by atoms with Crippen LogP contribution in [0, 0.1) is 0 Å². The Bertz CT molecular complexity index is 222. The Labute approximate surface area is 79.0 Å². The molecule has 0 saturated carbocycles. The molecule has 1 N–H and O–H groups in total. The summed E-state index contributed by atoms with van der Waals surface area (Å²) < 4.78 is 0. The van der Waals surface area contributed by atoms with E-state index in [-0.39, 0.29) is 0 Å². The van der Waals surface area contributed by atoms with Crippen molar-refractivity contribution < 1.29 is 0 Å². The van der Waals surface area contributed by atoms with Gasteiger partial charge in [0.05, 0.1) is 0 Å². The van der Waals surface area contributed by atoms with Crippen molar-refractivity contribution in [3.63, 3.8) is 0 Å². The monoisotopic (exact) mass is 180 g/mol. The van der Waals surface area contributed by atoms with Crippen molar-refractivity contribution in [2.75, 3.05) is 32.5 Å². The van der Waals surface area contributed by atoms with E-state index in [9.17, 15) is 0 Å². The number of nitrogens with one attached hydrogen (secondary N) is 1. The van der Waals surface area contributed by atoms with Gasteiger partial charge in [-0.3, -0.25) is 0 Å². The number of hydrogen-bond donors (Lipinski definition) is 1. The molecule has 0 aromatic carbocycles. The Morgan fingerprint density at radius 2 is 2.00 bits per heavy atom. The summed E-state index contributed by atoms with van der Waals surface area (Å²) in [5.41, 5.74) is 0. The summed E-state index contributed by atoms with van der Waals surface area (Å²) in [6.07, 6.45) is 4.58. The third-order valence-electron chi connectivity index (χ3n) is 1.63. The largest absolute Gasteiger partial charge is 0.354 e. The predicted octanol–water partition coefficient (Wildman–Crippen LogP) is 0.840. The molecule has 0 fully saturated rings. The molecule has 13 heavy (non-hydrogen) atoms. The lowest BCUT2D eigenvalue weighted by atomic mass is 10.4. The van der Waals surface area contributed by atoms with Crippen molar-refractivity contribution in [2.45, 2.75) is 6.42 Å². The molecule has 1 rings (SSSR count). The van der Waals surface area contributed by atoms with Gasteiger partial charge in [-0.15, -0.1) is 0 Å². The number of nitrogens with zero attached hydrogens (tertiary/aromatic N) is 3. The van der Waals surface area contributed by atoms with Gasteiger partial charge in [-0.1, -0.05) is 0 Å². The normalized spacial score (nSPS) is 10.4. The Morgan fingerprint density at radius 3 is 2.62 bits per heavy atom. The molecule has 72 valence electrons. The first-order chi connectivity index (χ1) is 6.29. The van der Waals surface area contributed by atoms with E-state index in [1.807, 2.05) is 6.07 Å². The van der Waals surface area contributed by atoms with Crippen LogP contribution in [0.15, 0.2) is 18.5 Å².